The Morgan fingerprint density at radius 1 is 0.478 bits per heavy atom. The van der Waals surface area contributed by atoms with Gasteiger partial charge in [0.05, 0.1) is 0 Å². The molecular weight excluding hydrogens is 568 g/mol. The van der Waals surface area contributed by atoms with Crippen LogP contribution < -0.4 is 0 Å². The van der Waals surface area contributed by atoms with Crippen LogP contribution in [0.4, 0.5) is 0 Å². The molecule has 1 N–H and O–H groups in total. The first kappa shape index (κ1) is 43.9. The molecule has 0 aliphatic rings. The van der Waals surface area contributed by atoms with Crippen molar-refractivity contribution < 1.29 is 19.4 Å². The third-order valence-corrected chi connectivity index (χ3v) is 8.55. The summed E-state index contributed by atoms with van der Waals surface area (Å²) >= 11 is 0. The summed E-state index contributed by atoms with van der Waals surface area (Å²) in [6.07, 6.45) is 49.9. The lowest BCUT2D eigenvalue weighted by Crippen LogP contribution is -2.18. The minimum atomic E-state index is -0.682. The minimum absolute atomic E-state index is 0.0215. The van der Waals surface area contributed by atoms with E-state index in [0.29, 0.717) is 12.8 Å². The summed E-state index contributed by atoms with van der Waals surface area (Å²) in [6, 6.07) is 0. The second-order valence-corrected chi connectivity index (χ2v) is 13.1. The second kappa shape index (κ2) is 37.4. The van der Waals surface area contributed by atoms with E-state index in [2.05, 4.69) is 62.5 Å². The summed E-state index contributed by atoms with van der Waals surface area (Å²) in [4.78, 5) is 23.2. The van der Waals surface area contributed by atoms with Gasteiger partial charge in [0.25, 0.3) is 0 Å². The molecule has 0 radical (unpaired) electrons. The van der Waals surface area contributed by atoms with Crippen LogP contribution in [0, 0.1) is 0 Å². The number of hydrogen-bond donors (Lipinski definition) is 1. The molecule has 1 unspecified atom stereocenters. The number of carboxylic acids is 1. The van der Waals surface area contributed by atoms with E-state index in [1.807, 2.05) is 0 Å². The highest BCUT2D eigenvalue weighted by atomic mass is 16.5. The van der Waals surface area contributed by atoms with Gasteiger partial charge < -0.3 is 9.84 Å². The molecule has 0 amide bonds. The van der Waals surface area contributed by atoms with Crippen LogP contribution in [-0.2, 0) is 14.3 Å². The third kappa shape index (κ3) is 36.4. The molecule has 0 aliphatic carbocycles. The quantitative estimate of drug-likeness (QED) is 0.0424. The molecule has 4 heteroatoms. The van der Waals surface area contributed by atoms with E-state index in [9.17, 15) is 9.59 Å². The Balaban J connectivity index is 4.11. The molecule has 4 nitrogen and oxygen atoms in total. The summed E-state index contributed by atoms with van der Waals surface area (Å²) < 4.78 is 6.00. The average molecular weight is 643 g/mol. The maximum absolute atomic E-state index is 12.6. The fraction of sp³-hybridized carbons (Fsp3) is 0.762. The summed E-state index contributed by atoms with van der Waals surface area (Å²) in [6.45, 7) is 4.50. The predicted molar refractivity (Wildman–Crippen MR) is 199 cm³/mol. The van der Waals surface area contributed by atoms with Crippen molar-refractivity contribution in [2.45, 2.75) is 206 Å². The maximum atomic E-state index is 12.6. The highest BCUT2D eigenvalue weighted by Gasteiger charge is 2.14. The number of rotatable bonds is 35. The fourth-order valence-electron chi connectivity index (χ4n) is 5.65. The molecule has 1 atom stereocenters. The van der Waals surface area contributed by atoms with Crippen LogP contribution in [0.25, 0.3) is 0 Å². The molecule has 0 bridgehead atoms. The van der Waals surface area contributed by atoms with Gasteiger partial charge >= 0.3 is 11.9 Å². The van der Waals surface area contributed by atoms with Gasteiger partial charge in [-0.1, -0.05) is 159 Å². The van der Waals surface area contributed by atoms with Gasteiger partial charge in [0, 0.05) is 12.8 Å². The van der Waals surface area contributed by atoms with Crippen LogP contribution >= 0.6 is 0 Å². The van der Waals surface area contributed by atoms with Crippen LogP contribution in [-0.4, -0.2) is 23.1 Å². The van der Waals surface area contributed by atoms with Gasteiger partial charge in [-0.25, -0.2) is 0 Å². The molecule has 0 aromatic heterocycles. The van der Waals surface area contributed by atoms with E-state index in [-0.39, 0.29) is 12.1 Å². The summed E-state index contributed by atoms with van der Waals surface area (Å²) in [5.41, 5.74) is 0. The van der Waals surface area contributed by atoms with Gasteiger partial charge in [0.1, 0.15) is 6.10 Å². The van der Waals surface area contributed by atoms with E-state index >= 15 is 0 Å². The summed E-state index contributed by atoms with van der Waals surface area (Å²) in [5, 5.41) is 8.72. The molecule has 0 heterocycles. The van der Waals surface area contributed by atoms with E-state index in [4.69, 9.17) is 9.84 Å². The molecule has 0 saturated heterocycles. The molecule has 0 aromatic rings. The van der Waals surface area contributed by atoms with E-state index in [1.54, 1.807) is 0 Å². The van der Waals surface area contributed by atoms with Crippen molar-refractivity contribution >= 4 is 11.9 Å². The standard InChI is InChI=1S/C42H74O4/c1-3-5-7-9-11-12-13-14-15-16-17-18-19-23-27-31-35-39-42(45)46-40(36-32-28-24-10-8-6-4-2)37-33-29-25-21-20-22-26-30-34-38-41(43)44/h11-12,14-15,17-18,23,27,40H,3-10,13,16,19-22,24-26,28-39H2,1-2H3,(H,43,44)/b12-11-,15-14-,18-17-,27-23-. The molecule has 0 rings (SSSR count). The lowest BCUT2D eigenvalue weighted by Gasteiger charge is -2.18. The molecule has 266 valence electrons. The first-order valence-corrected chi connectivity index (χ1v) is 19.6. The zero-order valence-corrected chi connectivity index (χ0v) is 30.4. The van der Waals surface area contributed by atoms with Gasteiger partial charge in [0.2, 0.25) is 0 Å². The highest BCUT2D eigenvalue weighted by Crippen LogP contribution is 2.18. The Morgan fingerprint density at radius 2 is 0.870 bits per heavy atom. The number of ether oxygens (including phenoxy) is 1. The Morgan fingerprint density at radius 3 is 1.35 bits per heavy atom. The highest BCUT2D eigenvalue weighted by molar-refractivity contribution is 5.69. The van der Waals surface area contributed by atoms with Crippen molar-refractivity contribution in [2.24, 2.45) is 0 Å². The fourth-order valence-corrected chi connectivity index (χ4v) is 5.65. The predicted octanol–water partition coefficient (Wildman–Crippen LogP) is 13.6. The maximum Gasteiger partial charge on any atom is 0.306 e. The zero-order valence-electron chi connectivity index (χ0n) is 30.4. The van der Waals surface area contributed by atoms with Crippen molar-refractivity contribution in [3.05, 3.63) is 48.6 Å². The van der Waals surface area contributed by atoms with Gasteiger partial charge in [-0.3, -0.25) is 9.59 Å². The molecule has 46 heavy (non-hydrogen) atoms. The first-order chi connectivity index (χ1) is 22.6. The SMILES string of the molecule is CCCCC/C=C\C/C=C\C/C=C\C/C=C\CCCC(=O)OC(CCCCCCCCC)CCCCCCCCCCCC(=O)O. The van der Waals surface area contributed by atoms with Crippen LogP contribution in [0.2, 0.25) is 0 Å². The van der Waals surface area contributed by atoms with Crippen LogP contribution in [0.15, 0.2) is 48.6 Å². The Hall–Kier alpha value is -2.10. The monoisotopic (exact) mass is 643 g/mol. The summed E-state index contributed by atoms with van der Waals surface area (Å²) in [5.74, 6) is -0.704. The van der Waals surface area contributed by atoms with Gasteiger partial charge in [-0.15, -0.1) is 0 Å². The topological polar surface area (TPSA) is 63.6 Å². The third-order valence-electron chi connectivity index (χ3n) is 8.55. The number of unbranched alkanes of at least 4 members (excludes halogenated alkanes) is 18. The number of carbonyl (C=O) groups is 2. The lowest BCUT2D eigenvalue weighted by molar-refractivity contribution is -0.150. The smallest absolute Gasteiger partial charge is 0.306 e. The average Bonchev–Trinajstić information content (AvgIpc) is 3.04. The van der Waals surface area contributed by atoms with E-state index < -0.39 is 5.97 Å². The number of hydrogen-bond acceptors (Lipinski definition) is 3. The molecule has 0 spiro atoms. The molecule has 0 fully saturated rings. The van der Waals surface area contributed by atoms with E-state index in [0.717, 1.165) is 77.0 Å². The molecule has 0 saturated carbocycles. The van der Waals surface area contributed by atoms with Gasteiger partial charge in [0.15, 0.2) is 0 Å². The minimum Gasteiger partial charge on any atom is -0.481 e. The normalized spacial score (nSPS) is 12.7. The van der Waals surface area contributed by atoms with Crippen LogP contribution in [0.3, 0.4) is 0 Å². The largest absolute Gasteiger partial charge is 0.481 e. The number of carbonyl (C=O) groups excluding carboxylic acids is 1. The van der Waals surface area contributed by atoms with Gasteiger partial charge in [-0.05, 0) is 77.0 Å². The first-order valence-electron chi connectivity index (χ1n) is 19.6. The number of aliphatic carboxylic acids is 1. The lowest BCUT2D eigenvalue weighted by atomic mass is 10.0. The number of carboxylic acid groups (broad SMARTS) is 1. The molecular formula is C42H74O4. The van der Waals surface area contributed by atoms with Crippen molar-refractivity contribution in [2.75, 3.05) is 0 Å². The number of allylic oxidation sites excluding steroid dienone is 8. The zero-order chi connectivity index (χ0) is 33.6. The Labute approximate surface area is 285 Å². The number of esters is 1. The van der Waals surface area contributed by atoms with Crippen molar-refractivity contribution in [1.29, 1.82) is 0 Å². The summed E-state index contributed by atoms with van der Waals surface area (Å²) in [7, 11) is 0. The Kier molecular flexibility index (Phi) is 35.7. The molecule has 0 aromatic carbocycles. The Bertz CT molecular complexity index is 779. The van der Waals surface area contributed by atoms with Crippen molar-refractivity contribution in [3.63, 3.8) is 0 Å². The van der Waals surface area contributed by atoms with Crippen LogP contribution in [0.5, 0.6) is 0 Å². The molecule has 0 aliphatic heterocycles. The van der Waals surface area contributed by atoms with Crippen molar-refractivity contribution in [1.82, 2.24) is 0 Å². The van der Waals surface area contributed by atoms with Gasteiger partial charge in [-0.2, -0.15) is 0 Å². The van der Waals surface area contributed by atoms with E-state index in [1.165, 1.54) is 96.3 Å². The van der Waals surface area contributed by atoms with Crippen molar-refractivity contribution in [3.8, 4) is 0 Å². The van der Waals surface area contributed by atoms with Crippen LogP contribution in [0.1, 0.15) is 200 Å². The second-order valence-electron chi connectivity index (χ2n) is 13.1.